The van der Waals surface area contributed by atoms with Crippen LogP contribution in [0.3, 0.4) is 0 Å². The minimum Gasteiger partial charge on any atom is -0.393 e. The Hall–Kier alpha value is -0.980. The van der Waals surface area contributed by atoms with Gasteiger partial charge in [0.1, 0.15) is 0 Å². The minimum atomic E-state index is -0.194. The Morgan fingerprint density at radius 1 is 1.40 bits per heavy atom. The Bertz CT molecular complexity index is 437. The summed E-state index contributed by atoms with van der Waals surface area (Å²) in [5, 5.41) is 14.2. The molecule has 112 valence electrons. The Kier molecular flexibility index (Phi) is 4.33. The van der Waals surface area contributed by atoms with Crippen LogP contribution in [0.2, 0.25) is 0 Å². The largest absolute Gasteiger partial charge is 0.393 e. The van der Waals surface area contributed by atoms with E-state index >= 15 is 0 Å². The minimum absolute atomic E-state index is 0.194. The van der Waals surface area contributed by atoms with Crippen molar-refractivity contribution in [2.75, 3.05) is 19.8 Å². The fourth-order valence-corrected chi connectivity index (χ4v) is 3.35. The molecule has 2 aliphatic rings. The van der Waals surface area contributed by atoms with Crippen molar-refractivity contribution in [1.82, 2.24) is 15.0 Å². The number of aliphatic hydroxyl groups is 1. The van der Waals surface area contributed by atoms with Gasteiger partial charge < -0.3 is 14.4 Å². The molecule has 6 heteroatoms. The summed E-state index contributed by atoms with van der Waals surface area (Å²) in [5.41, 5.74) is 0. The van der Waals surface area contributed by atoms with Gasteiger partial charge in [-0.3, -0.25) is 4.90 Å². The van der Waals surface area contributed by atoms with E-state index in [9.17, 15) is 5.11 Å². The molecule has 1 N–H and O–H groups in total. The van der Waals surface area contributed by atoms with E-state index in [-0.39, 0.29) is 12.1 Å². The maximum absolute atomic E-state index is 10.1. The Labute approximate surface area is 119 Å². The zero-order valence-corrected chi connectivity index (χ0v) is 12.0. The molecular formula is C14H23N3O3. The van der Waals surface area contributed by atoms with E-state index in [1.54, 1.807) is 0 Å². The van der Waals surface area contributed by atoms with Crippen molar-refractivity contribution in [2.24, 2.45) is 5.92 Å². The molecule has 3 rings (SSSR count). The lowest BCUT2D eigenvalue weighted by Crippen LogP contribution is -2.50. The number of rotatable bonds is 4. The first-order chi connectivity index (χ1) is 9.78. The van der Waals surface area contributed by atoms with E-state index in [1.807, 2.05) is 6.92 Å². The number of aliphatic hydroxyl groups excluding tert-OH is 1. The first-order valence-corrected chi connectivity index (χ1v) is 7.59. The van der Waals surface area contributed by atoms with Crippen LogP contribution in [0.25, 0.3) is 0 Å². The molecule has 0 bridgehead atoms. The molecule has 3 atom stereocenters. The summed E-state index contributed by atoms with van der Waals surface area (Å²) >= 11 is 0. The normalized spacial score (nSPS) is 31.8. The smallest absolute Gasteiger partial charge is 0.226 e. The SMILES string of the molecule is CCc1nc(CN2CCOCC2C2CCCC2O)no1. The molecule has 20 heavy (non-hydrogen) atoms. The molecule has 0 spiro atoms. The van der Waals surface area contributed by atoms with Crippen molar-refractivity contribution in [3.8, 4) is 0 Å². The van der Waals surface area contributed by atoms with Gasteiger partial charge in [-0.2, -0.15) is 4.98 Å². The number of hydrogen-bond acceptors (Lipinski definition) is 6. The summed E-state index contributed by atoms with van der Waals surface area (Å²) in [7, 11) is 0. The van der Waals surface area contributed by atoms with E-state index in [0.717, 1.165) is 44.7 Å². The van der Waals surface area contributed by atoms with Gasteiger partial charge in [-0.25, -0.2) is 0 Å². The molecule has 1 aliphatic heterocycles. The second kappa shape index (κ2) is 6.20. The number of aryl methyl sites for hydroxylation is 1. The lowest BCUT2D eigenvalue weighted by molar-refractivity contribution is -0.0547. The van der Waals surface area contributed by atoms with E-state index < -0.39 is 0 Å². The van der Waals surface area contributed by atoms with Crippen LogP contribution < -0.4 is 0 Å². The molecule has 2 heterocycles. The average Bonchev–Trinajstić information content (AvgIpc) is 3.08. The number of nitrogens with zero attached hydrogens (tertiary/aromatic N) is 3. The molecule has 0 aromatic carbocycles. The molecule has 2 fully saturated rings. The van der Waals surface area contributed by atoms with Gasteiger partial charge in [0.2, 0.25) is 5.89 Å². The van der Waals surface area contributed by atoms with Crippen LogP contribution in [-0.2, 0) is 17.7 Å². The van der Waals surface area contributed by atoms with E-state index in [1.165, 1.54) is 0 Å². The van der Waals surface area contributed by atoms with Crippen molar-refractivity contribution in [2.45, 2.75) is 51.3 Å². The highest BCUT2D eigenvalue weighted by atomic mass is 16.5. The molecule has 0 amide bonds. The standard InChI is InChI=1S/C14H23N3O3/c1-2-14-15-13(16-20-14)8-17-6-7-19-9-11(17)10-4-3-5-12(10)18/h10-12,18H,2-9H2,1H3. The number of aromatic nitrogens is 2. The predicted molar refractivity (Wildman–Crippen MR) is 72.0 cm³/mol. The summed E-state index contributed by atoms with van der Waals surface area (Å²) in [6, 6.07) is 0.268. The van der Waals surface area contributed by atoms with Gasteiger partial charge in [-0.1, -0.05) is 18.5 Å². The van der Waals surface area contributed by atoms with Crippen molar-refractivity contribution >= 4 is 0 Å². The molecular weight excluding hydrogens is 258 g/mol. The van der Waals surface area contributed by atoms with E-state index in [2.05, 4.69) is 15.0 Å². The lowest BCUT2D eigenvalue weighted by Gasteiger charge is -2.39. The van der Waals surface area contributed by atoms with Gasteiger partial charge in [-0.15, -0.1) is 0 Å². The Balaban J connectivity index is 1.68. The zero-order valence-electron chi connectivity index (χ0n) is 12.0. The summed E-state index contributed by atoms with van der Waals surface area (Å²) < 4.78 is 10.8. The molecule has 1 aromatic rings. The second-order valence-electron chi connectivity index (χ2n) is 5.73. The summed E-state index contributed by atoms with van der Waals surface area (Å²) in [5.74, 6) is 1.74. The van der Waals surface area contributed by atoms with Crippen LogP contribution in [0.1, 0.15) is 37.9 Å². The second-order valence-corrected chi connectivity index (χ2v) is 5.73. The molecule has 1 aliphatic carbocycles. The van der Waals surface area contributed by atoms with Gasteiger partial charge >= 0.3 is 0 Å². The van der Waals surface area contributed by atoms with Crippen molar-refractivity contribution in [3.05, 3.63) is 11.7 Å². The van der Waals surface area contributed by atoms with Crippen LogP contribution in [0.4, 0.5) is 0 Å². The highest BCUT2D eigenvalue weighted by Gasteiger charge is 2.37. The fourth-order valence-electron chi connectivity index (χ4n) is 3.35. The molecule has 1 saturated heterocycles. The maximum Gasteiger partial charge on any atom is 0.226 e. The third-order valence-corrected chi connectivity index (χ3v) is 4.46. The number of ether oxygens (including phenoxy) is 1. The van der Waals surface area contributed by atoms with Gasteiger partial charge in [0, 0.05) is 24.9 Å². The van der Waals surface area contributed by atoms with E-state index in [4.69, 9.17) is 9.26 Å². The number of hydrogen-bond donors (Lipinski definition) is 1. The number of morpholine rings is 1. The third-order valence-electron chi connectivity index (χ3n) is 4.46. The summed E-state index contributed by atoms with van der Waals surface area (Å²) in [6.07, 6.45) is 3.68. The summed E-state index contributed by atoms with van der Waals surface area (Å²) in [6.45, 7) is 4.98. The molecule has 1 aromatic heterocycles. The first kappa shape index (κ1) is 14.0. The fraction of sp³-hybridized carbons (Fsp3) is 0.857. The monoisotopic (exact) mass is 281 g/mol. The van der Waals surface area contributed by atoms with Gasteiger partial charge in [0.15, 0.2) is 5.82 Å². The first-order valence-electron chi connectivity index (χ1n) is 7.59. The van der Waals surface area contributed by atoms with Crippen LogP contribution >= 0.6 is 0 Å². The van der Waals surface area contributed by atoms with Crippen LogP contribution in [-0.4, -0.2) is 52.1 Å². The highest BCUT2D eigenvalue weighted by Crippen LogP contribution is 2.32. The maximum atomic E-state index is 10.1. The lowest BCUT2D eigenvalue weighted by atomic mass is 9.94. The molecule has 3 unspecified atom stereocenters. The molecule has 6 nitrogen and oxygen atoms in total. The highest BCUT2D eigenvalue weighted by molar-refractivity contribution is 4.93. The van der Waals surface area contributed by atoms with E-state index in [0.29, 0.717) is 25.0 Å². The van der Waals surface area contributed by atoms with Crippen molar-refractivity contribution in [1.29, 1.82) is 0 Å². The Morgan fingerprint density at radius 3 is 3.00 bits per heavy atom. The Morgan fingerprint density at radius 2 is 2.30 bits per heavy atom. The molecule has 0 radical (unpaired) electrons. The van der Waals surface area contributed by atoms with Gasteiger partial charge in [0.25, 0.3) is 0 Å². The van der Waals surface area contributed by atoms with Crippen LogP contribution in [0, 0.1) is 5.92 Å². The van der Waals surface area contributed by atoms with Gasteiger partial charge in [0.05, 0.1) is 25.9 Å². The topological polar surface area (TPSA) is 71.6 Å². The summed E-state index contributed by atoms with van der Waals surface area (Å²) in [4.78, 5) is 6.72. The van der Waals surface area contributed by atoms with Crippen molar-refractivity contribution in [3.63, 3.8) is 0 Å². The average molecular weight is 281 g/mol. The molecule has 1 saturated carbocycles. The van der Waals surface area contributed by atoms with Gasteiger partial charge in [-0.05, 0) is 12.8 Å². The zero-order chi connectivity index (χ0) is 13.9. The van der Waals surface area contributed by atoms with Crippen LogP contribution in [0.5, 0.6) is 0 Å². The van der Waals surface area contributed by atoms with Crippen LogP contribution in [0.15, 0.2) is 4.52 Å². The quantitative estimate of drug-likeness (QED) is 0.887. The third kappa shape index (κ3) is 2.87. The predicted octanol–water partition coefficient (Wildman–Crippen LogP) is 0.994. The van der Waals surface area contributed by atoms with Crippen molar-refractivity contribution < 1.29 is 14.4 Å².